The molecule has 0 fully saturated rings. The van der Waals surface area contributed by atoms with E-state index in [9.17, 15) is 8.78 Å². The van der Waals surface area contributed by atoms with Crippen LogP contribution in [0, 0.1) is 5.41 Å². The zero-order valence-electron chi connectivity index (χ0n) is 15.9. The van der Waals surface area contributed by atoms with E-state index in [1.54, 1.807) is 42.7 Å². The van der Waals surface area contributed by atoms with Gasteiger partial charge < -0.3 is 11.1 Å². The van der Waals surface area contributed by atoms with E-state index in [-0.39, 0.29) is 11.4 Å². The Labute approximate surface area is 168 Å². The Bertz CT molecular complexity index is 1080. The average Bonchev–Trinajstić information content (AvgIpc) is 2.74. The van der Waals surface area contributed by atoms with Crippen molar-refractivity contribution >= 4 is 22.8 Å². The molecule has 2 aromatic carbocycles. The number of aromatic nitrogens is 1. The van der Waals surface area contributed by atoms with Crippen LogP contribution in [0.15, 0.2) is 84.1 Å². The number of pyridine rings is 1. The Kier molecular flexibility index (Phi) is 6.24. The van der Waals surface area contributed by atoms with E-state index < -0.39 is 6.08 Å². The first-order chi connectivity index (χ1) is 14.0. The molecule has 4 nitrogen and oxygen atoms in total. The lowest BCUT2D eigenvalue weighted by Crippen LogP contribution is -2.18. The Morgan fingerprint density at radius 1 is 1.00 bits per heavy atom. The van der Waals surface area contributed by atoms with Gasteiger partial charge in [0.1, 0.15) is 5.84 Å². The minimum Gasteiger partial charge on any atom is -0.383 e. The summed E-state index contributed by atoms with van der Waals surface area (Å²) in [5.74, 6) is 0.222. The first-order valence-corrected chi connectivity index (χ1v) is 8.98. The second-order valence-electron chi connectivity index (χ2n) is 6.49. The Morgan fingerprint density at radius 2 is 1.69 bits per heavy atom. The summed E-state index contributed by atoms with van der Waals surface area (Å²) in [5.41, 5.74) is 9.66. The highest BCUT2D eigenvalue weighted by Crippen LogP contribution is 2.24. The van der Waals surface area contributed by atoms with Crippen LogP contribution in [0.2, 0.25) is 0 Å². The fourth-order valence-electron chi connectivity index (χ4n) is 2.89. The van der Waals surface area contributed by atoms with E-state index in [4.69, 9.17) is 11.1 Å². The topological polar surface area (TPSA) is 75.1 Å². The summed E-state index contributed by atoms with van der Waals surface area (Å²) < 4.78 is 25.8. The van der Waals surface area contributed by atoms with E-state index in [1.165, 1.54) is 6.92 Å². The number of nitrogens with two attached hydrogens (primary N) is 1. The third-order valence-corrected chi connectivity index (χ3v) is 4.47. The van der Waals surface area contributed by atoms with Crippen LogP contribution in [-0.4, -0.2) is 16.5 Å². The van der Waals surface area contributed by atoms with Crippen LogP contribution >= 0.6 is 0 Å². The largest absolute Gasteiger partial charge is 0.383 e. The molecule has 0 radical (unpaired) electrons. The summed E-state index contributed by atoms with van der Waals surface area (Å²) in [6, 6.07) is 17.5. The number of halogens is 2. The molecular formula is C23H20F2N4. The summed E-state index contributed by atoms with van der Waals surface area (Å²) in [6.45, 7) is 1.36. The SMILES string of the molecule is CC(=C(F)F)c1cccc(N=C(N)c2ccccc2C(=N)Cc2ccncc2)c1. The van der Waals surface area contributed by atoms with Crippen LogP contribution in [0.1, 0.15) is 29.2 Å². The van der Waals surface area contributed by atoms with Gasteiger partial charge in [-0.2, -0.15) is 8.78 Å². The maximum absolute atomic E-state index is 12.9. The Morgan fingerprint density at radius 3 is 2.38 bits per heavy atom. The van der Waals surface area contributed by atoms with Crippen molar-refractivity contribution in [2.45, 2.75) is 13.3 Å². The van der Waals surface area contributed by atoms with Crippen molar-refractivity contribution in [1.29, 1.82) is 5.41 Å². The van der Waals surface area contributed by atoms with Gasteiger partial charge in [0.2, 0.25) is 0 Å². The number of hydrogen-bond donors (Lipinski definition) is 2. The van der Waals surface area contributed by atoms with Gasteiger partial charge in [-0.25, -0.2) is 4.99 Å². The van der Waals surface area contributed by atoms with Crippen molar-refractivity contribution in [2.24, 2.45) is 10.7 Å². The highest BCUT2D eigenvalue weighted by molar-refractivity contribution is 6.11. The summed E-state index contributed by atoms with van der Waals surface area (Å²) in [4.78, 5) is 8.39. The lowest BCUT2D eigenvalue weighted by Gasteiger charge is -2.11. The molecule has 0 bridgehead atoms. The predicted molar refractivity (Wildman–Crippen MR) is 113 cm³/mol. The van der Waals surface area contributed by atoms with Crippen molar-refractivity contribution < 1.29 is 8.78 Å². The van der Waals surface area contributed by atoms with Gasteiger partial charge in [-0.1, -0.05) is 36.4 Å². The fourth-order valence-corrected chi connectivity index (χ4v) is 2.89. The minimum absolute atomic E-state index is 0.0971. The molecule has 1 heterocycles. The zero-order chi connectivity index (χ0) is 20.8. The normalized spacial score (nSPS) is 11.2. The molecule has 3 aromatic rings. The maximum atomic E-state index is 12.9. The van der Waals surface area contributed by atoms with E-state index in [0.29, 0.717) is 34.5 Å². The molecule has 0 unspecified atom stereocenters. The third kappa shape index (κ3) is 4.99. The summed E-state index contributed by atoms with van der Waals surface area (Å²) in [6.07, 6.45) is 2.08. The number of rotatable bonds is 6. The second kappa shape index (κ2) is 9.01. The van der Waals surface area contributed by atoms with Crippen molar-refractivity contribution in [3.8, 4) is 0 Å². The van der Waals surface area contributed by atoms with Gasteiger partial charge in [0.25, 0.3) is 6.08 Å². The lowest BCUT2D eigenvalue weighted by atomic mass is 9.97. The van der Waals surface area contributed by atoms with Gasteiger partial charge in [-0.3, -0.25) is 4.98 Å². The molecule has 6 heteroatoms. The number of aliphatic imine (C=N–C) groups is 1. The molecule has 0 saturated heterocycles. The van der Waals surface area contributed by atoms with E-state index in [0.717, 1.165) is 5.56 Å². The first-order valence-electron chi connectivity index (χ1n) is 8.98. The number of nitrogens with zero attached hydrogens (tertiary/aromatic N) is 2. The smallest absolute Gasteiger partial charge is 0.273 e. The molecule has 0 atom stereocenters. The van der Waals surface area contributed by atoms with Crippen molar-refractivity contribution in [3.05, 3.63) is 101 Å². The monoisotopic (exact) mass is 390 g/mol. The molecule has 0 spiro atoms. The van der Waals surface area contributed by atoms with E-state index in [2.05, 4.69) is 9.98 Å². The number of benzene rings is 2. The van der Waals surface area contributed by atoms with Crippen molar-refractivity contribution in [2.75, 3.05) is 0 Å². The molecule has 3 rings (SSSR count). The Balaban J connectivity index is 1.92. The molecular weight excluding hydrogens is 370 g/mol. The zero-order valence-corrected chi connectivity index (χ0v) is 15.9. The summed E-state index contributed by atoms with van der Waals surface area (Å²) >= 11 is 0. The minimum atomic E-state index is -1.73. The van der Waals surface area contributed by atoms with Gasteiger partial charge in [0.05, 0.1) is 5.69 Å². The highest BCUT2D eigenvalue weighted by Gasteiger charge is 2.12. The first kappa shape index (κ1) is 20.1. The van der Waals surface area contributed by atoms with Gasteiger partial charge in [-0.05, 0) is 42.3 Å². The molecule has 0 saturated carbocycles. The van der Waals surface area contributed by atoms with Crippen LogP contribution in [-0.2, 0) is 6.42 Å². The number of nitrogens with one attached hydrogen (secondary N) is 1. The number of hydrogen-bond acceptors (Lipinski definition) is 3. The summed E-state index contributed by atoms with van der Waals surface area (Å²) in [7, 11) is 0. The fraction of sp³-hybridized carbons (Fsp3) is 0.0870. The third-order valence-electron chi connectivity index (χ3n) is 4.47. The molecule has 0 aliphatic carbocycles. The Hall–Kier alpha value is -3.67. The van der Waals surface area contributed by atoms with Gasteiger partial charge in [0, 0.05) is 41.2 Å². The quantitative estimate of drug-likeness (QED) is 0.439. The standard InChI is InChI=1S/C23H20F2N4/c1-15(22(24)25)17-5-4-6-18(14-17)29-23(27)20-8-3-2-7-19(20)21(26)13-16-9-11-28-12-10-16/h2-12,14,26H,13H2,1H3,(H2,27,29). The molecule has 0 aliphatic rings. The molecule has 3 N–H and O–H groups in total. The molecule has 0 aliphatic heterocycles. The molecule has 0 amide bonds. The average molecular weight is 390 g/mol. The molecule has 1 aromatic heterocycles. The van der Waals surface area contributed by atoms with E-state index in [1.807, 2.05) is 30.3 Å². The molecule has 146 valence electrons. The van der Waals surface area contributed by atoms with Crippen LogP contribution in [0.3, 0.4) is 0 Å². The lowest BCUT2D eigenvalue weighted by molar-refractivity contribution is 0.425. The van der Waals surface area contributed by atoms with Crippen molar-refractivity contribution in [3.63, 3.8) is 0 Å². The van der Waals surface area contributed by atoms with Gasteiger partial charge >= 0.3 is 0 Å². The van der Waals surface area contributed by atoms with E-state index >= 15 is 0 Å². The predicted octanol–water partition coefficient (Wildman–Crippen LogP) is 5.36. The second-order valence-corrected chi connectivity index (χ2v) is 6.49. The van der Waals surface area contributed by atoms with Crippen molar-refractivity contribution in [1.82, 2.24) is 4.98 Å². The van der Waals surface area contributed by atoms with Gasteiger partial charge in [-0.15, -0.1) is 0 Å². The van der Waals surface area contributed by atoms with Crippen LogP contribution in [0.4, 0.5) is 14.5 Å². The summed E-state index contributed by atoms with van der Waals surface area (Å²) in [5, 5.41) is 8.50. The number of amidine groups is 1. The van der Waals surface area contributed by atoms with Crippen LogP contribution < -0.4 is 5.73 Å². The van der Waals surface area contributed by atoms with Gasteiger partial charge in [0.15, 0.2) is 0 Å². The van der Waals surface area contributed by atoms with Crippen LogP contribution in [0.25, 0.3) is 5.57 Å². The highest BCUT2D eigenvalue weighted by atomic mass is 19.3. The maximum Gasteiger partial charge on any atom is 0.273 e. The number of allylic oxidation sites excluding steroid dienone is 1. The van der Waals surface area contributed by atoms with Crippen LogP contribution in [0.5, 0.6) is 0 Å². The molecule has 29 heavy (non-hydrogen) atoms.